The molecular formula is C10H19ClNO3P. The summed E-state index contributed by atoms with van der Waals surface area (Å²) in [5, 5.41) is 0.333. The van der Waals surface area contributed by atoms with Crippen molar-refractivity contribution in [2.75, 3.05) is 26.3 Å². The van der Waals surface area contributed by atoms with Crippen LogP contribution in [0.25, 0.3) is 0 Å². The first kappa shape index (κ1) is 14.2. The molecule has 94 valence electrons. The van der Waals surface area contributed by atoms with E-state index >= 15 is 0 Å². The molecular weight excluding hydrogens is 249 g/mol. The van der Waals surface area contributed by atoms with Crippen LogP contribution in [0.4, 0.5) is 0 Å². The zero-order valence-corrected chi connectivity index (χ0v) is 11.3. The number of rotatable bonds is 7. The van der Waals surface area contributed by atoms with Gasteiger partial charge in [-0.1, -0.05) is 25.1 Å². The molecule has 1 rings (SSSR count). The van der Waals surface area contributed by atoms with Gasteiger partial charge in [0.25, 0.3) is 0 Å². The highest BCUT2D eigenvalue weighted by atomic mass is 35.5. The molecule has 4 nitrogen and oxygen atoms in total. The van der Waals surface area contributed by atoms with Crippen molar-refractivity contribution in [3.05, 3.63) is 11.6 Å². The first-order valence-corrected chi connectivity index (χ1v) is 7.43. The Bertz CT molecular complexity index is 279. The second kappa shape index (κ2) is 6.77. The van der Waals surface area contributed by atoms with Gasteiger partial charge in [-0.15, -0.1) is 0 Å². The average molecular weight is 268 g/mol. The molecule has 0 saturated carbocycles. The fourth-order valence-corrected chi connectivity index (χ4v) is 3.54. The summed E-state index contributed by atoms with van der Waals surface area (Å²) in [7, 11) is -3.15. The summed E-state index contributed by atoms with van der Waals surface area (Å²) in [6.07, 6.45) is 2.87. The Morgan fingerprint density at radius 1 is 1.44 bits per heavy atom. The maximum atomic E-state index is 12.5. The lowest BCUT2D eigenvalue weighted by molar-refractivity contribution is 0.175. The summed E-state index contributed by atoms with van der Waals surface area (Å²) >= 11 is 5.61. The number of nitrogens with zero attached hydrogens (tertiary/aromatic N) is 1. The van der Waals surface area contributed by atoms with Crippen LogP contribution >= 0.6 is 19.3 Å². The molecule has 1 fully saturated rings. The van der Waals surface area contributed by atoms with Gasteiger partial charge >= 0.3 is 7.75 Å². The second-order valence-electron chi connectivity index (χ2n) is 3.75. The summed E-state index contributed by atoms with van der Waals surface area (Å²) in [5.41, 5.74) is 0. The molecule has 0 spiro atoms. The third-order valence-electron chi connectivity index (χ3n) is 2.27. The highest BCUT2D eigenvalue weighted by Crippen LogP contribution is 2.53. The summed E-state index contributed by atoms with van der Waals surface area (Å²) in [5.74, 6) is 0. The summed E-state index contributed by atoms with van der Waals surface area (Å²) < 4.78 is 24.9. The largest absolute Gasteiger partial charge is 0.408 e. The molecule has 0 aromatic rings. The molecule has 0 amide bonds. The van der Waals surface area contributed by atoms with Gasteiger partial charge in [0.15, 0.2) is 0 Å². The van der Waals surface area contributed by atoms with Gasteiger partial charge in [0, 0.05) is 18.1 Å². The predicted molar refractivity (Wildman–Crippen MR) is 65.6 cm³/mol. The SMILES string of the molecule is C=C(Cl)COP(=O)(OCCC)N1CCCC1. The van der Waals surface area contributed by atoms with Gasteiger partial charge in [-0.2, -0.15) is 0 Å². The van der Waals surface area contributed by atoms with Crippen molar-refractivity contribution in [1.29, 1.82) is 0 Å². The van der Waals surface area contributed by atoms with Gasteiger partial charge in [-0.05, 0) is 19.3 Å². The van der Waals surface area contributed by atoms with E-state index in [9.17, 15) is 4.57 Å². The van der Waals surface area contributed by atoms with E-state index in [2.05, 4.69) is 6.58 Å². The van der Waals surface area contributed by atoms with Crippen LogP contribution in [0.3, 0.4) is 0 Å². The van der Waals surface area contributed by atoms with Gasteiger partial charge in [0.1, 0.15) is 0 Å². The second-order valence-corrected chi connectivity index (χ2v) is 6.31. The third-order valence-corrected chi connectivity index (χ3v) is 4.44. The number of hydrogen-bond donors (Lipinski definition) is 0. The number of hydrogen-bond acceptors (Lipinski definition) is 3. The summed E-state index contributed by atoms with van der Waals surface area (Å²) in [4.78, 5) is 0. The van der Waals surface area contributed by atoms with Crippen molar-refractivity contribution in [2.45, 2.75) is 26.2 Å². The molecule has 0 radical (unpaired) electrons. The minimum absolute atomic E-state index is 0.0685. The summed E-state index contributed by atoms with van der Waals surface area (Å²) in [6, 6.07) is 0. The molecule has 0 N–H and O–H groups in total. The first-order valence-electron chi connectivity index (χ1n) is 5.56. The lowest BCUT2D eigenvalue weighted by Gasteiger charge is -2.26. The molecule has 1 atom stereocenters. The van der Waals surface area contributed by atoms with Crippen LogP contribution in [0.15, 0.2) is 11.6 Å². The average Bonchev–Trinajstić information content (AvgIpc) is 2.77. The van der Waals surface area contributed by atoms with E-state index in [1.165, 1.54) is 0 Å². The first-order chi connectivity index (χ1) is 7.58. The predicted octanol–water partition coefficient (Wildman–Crippen LogP) is 3.39. The van der Waals surface area contributed by atoms with Gasteiger partial charge in [-0.3, -0.25) is 9.05 Å². The Hall–Kier alpha value is 0.140. The van der Waals surface area contributed by atoms with E-state index in [1.807, 2.05) is 6.92 Å². The van der Waals surface area contributed by atoms with E-state index in [1.54, 1.807) is 4.67 Å². The lowest BCUT2D eigenvalue weighted by Crippen LogP contribution is -2.20. The fourth-order valence-electron chi connectivity index (χ4n) is 1.50. The standard InChI is InChI=1S/C10H19ClNO3P/c1-3-8-14-16(13,15-9-10(2)11)12-6-4-5-7-12/h2-9H2,1H3. The van der Waals surface area contributed by atoms with Gasteiger partial charge in [0.2, 0.25) is 0 Å². The quantitative estimate of drug-likeness (QED) is 0.663. The molecule has 1 unspecified atom stereocenters. The van der Waals surface area contributed by atoms with Gasteiger partial charge in [0.05, 0.1) is 13.2 Å². The smallest absolute Gasteiger partial charge is 0.297 e. The molecule has 0 bridgehead atoms. The topological polar surface area (TPSA) is 38.8 Å². The van der Waals surface area contributed by atoms with Crippen molar-refractivity contribution >= 4 is 19.3 Å². The van der Waals surface area contributed by atoms with Crippen LogP contribution in [0, 0.1) is 0 Å². The van der Waals surface area contributed by atoms with E-state index < -0.39 is 7.75 Å². The van der Waals surface area contributed by atoms with Crippen LogP contribution < -0.4 is 0 Å². The maximum absolute atomic E-state index is 12.5. The minimum atomic E-state index is -3.15. The van der Waals surface area contributed by atoms with E-state index in [0.717, 1.165) is 32.4 Å². The third kappa shape index (κ3) is 4.19. The molecule has 1 aliphatic heterocycles. The van der Waals surface area contributed by atoms with Crippen LogP contribution in [-0.2, 0) is 13.6 Å². The molecule has 0 aromatic carbocycles. The molecule has 1 saturated heterocycles. The summed E-state index contributed by atoms with van der Waals surface area (Å²) in [6.45, 7) is 7.50. The Morgan fingerprint density at radius 3 is 2.56 bits per heavy atom. The molecule has 1 aliphatic rings. The molecule has 0 aliphatic carbocycles. The Morgan fingerprint density at radius 2 is 2.06 bits per heavy atom. The molecule has 0 aromatic heterocycles. The maximum Gasteiger partial charge on any atom is 0.408 e. The normalized spacial score (nSPS) is 20.9. The van der Waals surface area contributed by atoms with E-state index in [-0.39, 0.29) is 6.61 Å². The van der Waals surface area contributed by atoms with Crippen molar-refractivity contribution < 1.29 is 13.6 Å². The van der Waals surface area contributed by atoms with Gasteiger partial charge < -0.3 is 0 Å². The van der Waals surface area contributed by atoms with E-state index in [0.29, 0.717) is 11.6 Å². The van der Waals surface area contributed by atoms with Crippen LogP contribution in [0.1, 0.15) is 26.2 Å². The molecule has 1 heterocycles. The number of halogens is 1. The van der Waals surface area contributed by atoms with Crippen LogP contribution in [0.2, 0.25) is 0 Å². The van der Waals surface area contributed by atoms with Crippen molar-refractivity contribution in [1.82, 2.24) is 4.67 Å². The minimum Gasteiger partial charge on any atom is -0.297 e. The Balaban J connectivity index is 2.58. The van der Waals surface area contributed by atoms with Crippen LogP contribution in [0.5, 0.6) is 0 Å². The highest BCUT2D eigenvalue weighted by Gasteiger charge is 2.35. The van der Waals surface area contributed by atoms with Crippen LogP contribution in [-0.4, -0.2) is 31.0 Å². The lowest BCUT2D eigenvalue weighted by atomic mass is 10.4. The zero-order chi connectivity index (χ0) is 12.0. The molecule has 16 heavy (non-hydrogen) atoms. The monoisotopic (exact) mass is 267 g/mol. The Kier molecular flexibility index (Phi) is 6.01. The van der Waals surface area contributed by atoms with Crippen molar-refractivity contribution in [2.24, 2.45) is 0 Å². The van der Waals surface area contributed by atoms with Crippen molar-refractivity contribution in [3.8, 4) is 0 Å². The molecule has 6 heteroatoms. The van der Waals surface area contributed by atoms with E-state index in [4.69, 9.17) is 20.6 Å². The fraction of sp³-hybridized carbons (Fsp3) is 0.800. The van der Waals surface area contributed by atoms with Gasteiger partial charge in [-0.25, -0.2) is 9.24 Å². The van der Waals surface area contributed by atoms with Crippen molar-refractivity contribution in [3.63, 3.8) is 0 Å². The Labute approximate surface area is 102 Å². The highest BCUT2D eigenvalue weighted by molar-refractivity contribution is 7.51. The zero-order valence-electron chi connectivity index (χ0n) is 9.65.